The SMILES string of the molecule is COC(=O)/C=C(/Nc1cc(F)c(N2CCN(C(C)=O)CC2)c(F)c1)C(=O)OC. The smallest absolute Gasteiger partial charge is 0.354 e. The number of carbonyl (C=O) groups is 3. The Hall–Kier alpha value is -3.17. The number of anilines is 2. The van der Waals surface area contributed by atoms with E-state index in [2.05, 4.69) is 14.8 Å². The van der Waals surface area contributed by atoms with Gasteiger partial charge in [-0.2, -0.15) is 0 Å². The summed E-state index contributed by atoms with van der Waals surface area (Å²) in [7, 11) is 2.22. The van der Waals surface area contributed by atoms with Crippen molar-refractivity contribution in [1.82, 2.24) is 4.90 Å². The molecule has 1 aliphatic heterocycles. The zero-order chi connectivity index (χ0) is 20.8. The Balaban J connectivity index is 2.23. The Morgan fingerprint density at radius 2 is 1.61 bits per heavy atom. The minimum atomic E-state index is -0.907. The topological polar surface area (TPSA) is 88.2 Å². The van der Waals surface area contributed by atoms with Crippen LogP contribution in [-0.2, 0) is 23.9 Å². The highest BCUT2D eigenvalue weighted by Gasteiger charge is 2.24. The lowest BCUT2D eigenvalue weighted by molar-refractivity contribution is -0.138. The number of piperazine rings is 1. The number of hydrogen-bond acceptors (Lipinski definition) is 7. The molecule has 8 nitrogen and oxygen atoms in total. The average Bonchev–Trinajstić information content (AvgIpc) is 2.66. The van der Waals surface area contributed by atoms with E-state index in [0.29, 0.717) is 13.1 Å². The summed E-state index contributed by atoms with van der Waals surface area (Å²) in [5, 5.41) is 2.46. The first-order valence-electron chi connectivity index (χ1n) is 8.41. The van der Waals surface area contributed by atoms with Gasteiger partial charge in [0.15, 0.2) is 11.6 Å². The quantitative estimate of drug-likeness (QED) is 0.591. The number of halogens is 2. The van der Waals surface area contributed by atoms with Crippen molar-refractivity contribution in [3.05, 3.63) is 35.5 Å². The van der Waals surface area contributed by atoms with E-state index in [4.69, 9.17) is 0 Å². The zero-order valence-electron chi connectivity index (χ0n) is 15.8. The second-order valence-corrected chi connectivity index (χ2v) is 5.98. The number of rotatable bonds is 5. The molecule has 1 N–H and O–H groups in total. The molecule has 152 valence electrons. The Bertz CT molecular complexity index is 781. The van der Waals surface area contributed by atoms with Crippen LogP contribution < -0.4 is 10.2 Å². The molecule has 0 bridgehead atoms. The van der Waals surface area contributed by atoms with Crippen LogP contribution in [0.25, 0.3) is 0 Å². The van der Waals surface area contributed by atoms with E-state index in [-0.39, 0.29) is 36.1 Å². The number of benzene rings is 1. The van der Waals surface area contributed by atoms with Crippen molar-refractivity contribution < 1.29 is 32.6 Å². The van der Waals surface area contributed by atoms with E-state index >= 15 is 0 Å². The molecule has 1 fully saturated rings. The van der Waals surface area contributed by atoms with Gasteiger partial charge in [-0.1, -0.05) is 0 Å². The Morgan fingerprint density at radius 3 is 2.07 bits per heavy atom. The van der Waals surface area contributed by atoms with E-state index in [1.807, 2.05) is 0 Å². The molecule has 10 heteroatoms. The number of ether oxygens (including phenoxy) is 2. The lowest BCUT2D eigenvalue weighted by Crippen LogP contribution is -2.48. The number of methoxy groups -OCH3 is 2. The van der Waals surface area contributed by atoms with Crippen LogP contribution in [0.1, 0.15) is 6.92 Å². The molecule has 1 aromatic carbocycles. The molecule has 0 aliphatic carbocycles. The summed E-state index contributed by atoms with van der Waals surface area (Å²) in [4.78, 5) is 37.6. The number of amides is 1. The van der Waals surface area contributed by atoms with Gasteiger partial charge in [0.2, 0.25) is 5.91 Å². The average molecular weight is 397 g/mol. The molecule has 1 saturated heterocycles. The fourth-order valence-corrected chi connectivity index (χ4v) is 2.77. The molecular weight excluding hydrogens is 376 g/mol. The second kappa shape index (κ2) is 9.16. The first-order chi connectivity index (χ1) is 13.3. The van der Waals surface area contributed by atoms with Crippen LogP contribution in [0, 0.1) is 11.6 Å². The van der Waals surface area contributed by atoms with Gasteiger partial charge in [0, 0.05) is 38.8 Å². The monoisotopic (exact) mass is 397 g/mol. The van der Waals surface area contributed by atoms with E-state index in [9.17, 15) is 23.2 Å². The largest absolute Gasteiger partial charge is 0.466 e. The summed E-state index contributed by atoms with van der Waals surface area (Å²) in [6.45, 7) is 2.74. The van der Waals surface area contributed by atoms with Gasteiger partial charge in [-0.3, -0.25) is 4.79 Å². The Kier molecular flexibility index (Phi) is 6.91. The molecule has 0 aromatic heterocycles. The molecule has 0 saturated carbocycles. The second-order valence-electron chi connectivity index (χ2n) is 5.98. The van der Waals surface area contributed by atoms with Crippen molar-refractivity contribution in [2.45, 2.75) is 6.92 Å². The first-order valence-corrected chi connectivity index (χ1v) is 8.41. The van der Waals surface area contributed by atoms with Gasteiger partial charge in [-0.15, -0.1) is 0 Å². The lowest BCUT2D eigenvalue weighted by Gasteiger charge is -2.36. The maximum Gasteiger partial charge on any atom is 0.354 e. The summed E-state index contributed by atoms with van der Waals surface area (Å²) in [6.07, 6.45) is 0.816. The van der Waals surface area contributed by atoms with E-state index in [1.165, 1.54) is 11.8 Å². The first kappa shape index (κ1) is 21.1. The Morgan fingerprint density at radius 1 is 1.04 bits per heavy atom. The van der Waals surface area contributed by atoms with Crippen LogP contribution in [0.15, 0.2) is 23.9 Å². The summed E-state index contributed by atoms with van der Waals surface area (Å²) in [5.41, 5.74) is -0.636. The predicted octanol–water partition coefficient (Wildman–Crippen LogP) is 1.28. The molecule has 0 unspecified atom stereocenters. The minimum absolute atomic E-state index is 0.0818. The molecular formula is C18H21F2N3O5. The molecule has 1 aromatic rings. The van der Waals surface area contributed by atoms with Gasteiger partial charge in [0.25, 0.3) is 0 Å². The maximum atomic E-state index is 14.6. The molecule has 1 amide bonds. The van der Waals surface area contributed by atoms with Gasteiger partial charge < -0.3 is 24.6 Å². The number of hydrogen-bond donors (Lipinski definition) is 1. The molecule has 0 radical (unpaired) electrons. The normalized spacial score (nSPS) is 14.5. The Labute approximate surface area is 160 Å². The number of carbonyl (C=O) groups excluding carboxylic acids is 3. The summed E-state index contributed by atoms with van der Waals surface area (Å²) in [6, 6.07) is 2.01. The van der Waals surface area contributed by atoms with E-state index < -0.39 is 23.6 Å². The van der Waals surface area contributed by atoms with Gasteiger partial charge in [-0.05, 0) is 12.1 Å². The van der Waals surface area contributed by atoms with Crippen molar-refractivity contribution in [2.24, 2.45) is 0 Å². The predicted molar refractivity (Wildman–Crippen MR) is 96.6 cm³/mol. The summed E-state index contributed by atoms with van der Waals surface area (Å²) >= 11 is 0. The number of esters is 2. The van der Waals surface area contributed by atoms with Crippen LogP contribution in [0.2, 0.25) is 0 Å². The molecule has 2 rings (SSSR count). The fourth-order valence-electron chi connectivity index (χ4n) is 2.77. The van der Waals surface area contributed by atoms with Crippen molar-refractivity contribution in [2.75, 3.05) is 50.6 Å². The molecule has 1 aliphatic rings. The molecule has 1 heterocycles. The van der Waals surface area contributed by atoms with Crippen LogP contribution in [0.5, 0.6) is 0 Å². The number of nitrogens with one attached hydrogen (secondary N) is 1. The lowest BCUT2D eigenvalue weighted by atomic mass is 10.2. The highest BCUT2D eigenvalue weighted by atomic mass is 19.1. The summed E-state index contributed by atoms with van der Waals surface area (Å²) < 4.78 is 38.1. The van der Waals surface area contributed by atoms with Crippen molar-refractivity contribution in [3.63, 3.8) is 0 Å². The van der Waals surface area contributed by atoms with Gasteiger partial charge >= 0.3 is 11.9 Å². The third kappa shape index (κ3) is 4.96. The molecule has 0 spiro atoms. The van der Waals surface area contributed by atoms with Gasteiger partial charge in [0.1, 0.15) is 11.4 Å². The molecule has 0 atom stereocenters. The number of nitrogens with zero attached hydrogens (tertiary/aromatic N) is 2. The summed E-state index contributed by atoms with van der Waals surface area (Å²) in [5.74, 6) is -3.53. The standard InChI is InChI=1S/C18H21F2N3O5/c1-11(24)22-4-6-23(7-5-22)17-13(19)8-12(9-14(17)20)21-15(18(26)28-3)10-16(25)27-2/h8-10,21H,4-7H2,1-3H3/b15-10+. The van der Waals surface area contributed by atoms with Crippen LogP contribution in [0.3, 0.4) is 0 Å². The van der Waals surface area contributed by atoms with Crippen LogP contribution in [0.4, 0.5) is 20.2 Å². The van der Waals surface area contributed by atoms with Crippen molar-refractivity contribution in [3.8, 4) is 0 Å². The van der Waals surface area contributed by atoms with Crippen LogP contribution in [-0.4, -0.2) is 63.1 Å². The molecule has 28 heavy (non-hydrogen) atoms. The van der Waals surface area contributed by atoms with Crippen molar-refractivity contribution in [1.29, 1.82) is 0 Å². The highest BCUT2D eigenvalue weighted by Crippen LogP contribution is 2.28. The fraction of sp³-hybridized carbons (Fsp3) is 0.389. The van der Waals surface area contributed by atoms with Gasteiger partial charge in [0.05, 0.1) is 20.3 Å². The van der Waals surface area contributed by atoms with E-state index in [1.54, 1.807) is 4.90 Å². The highest BCUT2D eigenvalue weighted by molar-refractivity contribution is 5.98. The zero-order valence-corrected chi connectivity index (χ0v) is 15.8. The van der Waals surface area contributed by atoms with E-state index in [0.717, 1.165) is 32.4 Å². The third-order valence-corrected chi connectivity index (χ3v) is 4.21. The van der Waals surface area contributed by atoms with Crippen LogP contribution >= 0.6 is 0 Å². The van der Waals surface area contributed by atoms with Crippen molar-refractivity contribution >= 4 is 29.2 Å². The maximum absolute atomic E-state index is 14.6. The third-order valence-electron chi connectivity index (χ3n) is 4.21. The minimum Gasteiger partial charge on any atom is -0.466 e. The van der Waals surface area contributed by atoms with Gasteiger partial charge in [-0.25, -0.2) is 18.4 Å².